The van der Waals surface area contributed by atoms with Crippen LogP contribution in [0.5, 0.6) is 5.75 Å². The molecule has 28 heavy (non-hydrogen) atoms. The molecule has 2 atom stereocenters. The van der Waals surface area contributed by atoms with Crippen LogP contribution in [0.2, 0.25) is 0 Å². The lowest BCUT2D eigenvalue weighted by atomic mass is 10.2. The Morgan fingerprint density at radius 3 is 2.75 bits per heavy atom. The molecule has 1 aliphatic carbocycles. The van der Waals surface area contributed by atoms with Crippen molar-refractivity contribution in [2.45, 2.75) is 50.6 Å². The topological polar surface area (TPSA) is 58.5 Å². The third-order valence-electron chi connectivity index (χ3n) is 4.86. The highest BCUT2D eigenvalue weighted by Crippen LogP contribution is 2.28. The van der Waals surface area contributed by atoms with Gasteiger partial charge in [0.2, 0.25) is 0 Å². The lowest BCUT2D eigenvalue weighted by Gasteiger charge is -2.17. The Morgan fingerprint density at radius 1 is 1.21 bits per heavy atom. The summed E-state index contributed by atoms with van der Waals surface area (Å²) in [5, 5.41) is 7.73. The van der Waals surface area contributed by atoms with Crippen molar-refractivity contribution in [3.05, 3.63) is 59.9 Å². The Bertz CT molecular complexity index is 736. The van der Waals surface area contributed by atoms with Crippen molar-refractivity contribution in [3.63, 3.8) is 0 Å². The van der Waals surface area contributed by atoms with E-state index in [1.165, 1.54) is 19.3 Å². The molecule has 1 heterocycles. The van der Waals surface area contributed by atoms with Gasteiger partial charge in [0.05, 0.1) is 12.2 Å². The Morgan fingerprint density at radius 2 is 2.07 bits per heavy atom. The van der Waals surface area contributed by atoms with Crippen LogP contribution in [0.25, 0.3) is 0 Å². The molecule has 0 amide bonds. The van der Waals surface area contributed by atoms with Gasteiger partial charge in [-0.05, 0) is 62.3 Å². The molecule has 150 valence electrons. The monoisotopic (exact) mass is 398 g/mol. The number of ether oxygens (including phenoxy) is 1. The highest BCUT2D eigenvalue weighted by Gasteiger charge is 2.24. The van der Waals surface area contributed by atoms with E-state index in [-0.39, 0.29) is 0 Å². The minimum atomic E-state index is 0.477. The average molecular weight is 399 g/mol. The average Bonchev–Trinajstić information content (AvgIpc) is 3.20. The molecule has 5 nitrogen and oxygen atoms in total. The molecule has 0 radical (unpaired) electrons. The SMILES string of the molecule is CCNC(=NCc1ccc(OCc2ccccn2)cc1)NC1CCC(SC)C1. The van der Waals surface area contributed by atoms with Crippen molar-refractivity contribution in [3.8, 4) is 5.75 Å². The van der Waals surface area contributed by atoms with Gasteiger partial charge in [0.25, 0.3) is 0 Å². The highest BCUT2D eigenvalue weighted by atomic mass is 32.2. The number of nitrogens with zero attached hydrogens (tertiary/aromatic N) is 2. The number of hydrogen-bond donors (Lipinski definition) is 2. The number of guanidine groups is 1. The Balaban J connectivity index is 1.51. The quantitative estimate of drug-likeness (QED) is 0.520. The van der Waals surface area contributed by atoms with Crippen LogP contribution in [0, 0.1) is 0 Å². The zero-order valence-corrected chi connectivity index (χ0v) is 17.5. The summed E-state index contributed by atoms with van der Waals surface area (Å²) in [5.41, 5.74) is 2.09. The van der Waals surface area contributed by atoms with Gasteiger partial charge < -0.3 is 15.4 Å². The fraction of sp³-hybridized carbons (Fsp3) is 0.455. The van der Waals surface area contributed by atoms with Gasteiger partial charge in [-0.1, -0.05) is 18.2 Å². The summed E-state index contributed by atoms with van der Waals surface area (Å²) in [6.07, 6.45) is 7.71. The summed E-state index contributed by atoms with van der Waals surface area (Å²) in [6.45, 7) is 4.09. The van der Waals surface area contributed by atoms with E-state index in [0.717, 1.165) is 34.8 Å². The second kappa shape index (κ2) is 11.0. The van der Waals surface area contributed by atoms with E-state index in [1.807, 2.05) is 42.1 Å². The molecule has 1 aromatic carbocycles. The number of rotatable bonds is 8. The lowest BCUT2D eigenvalue weighted by Crippen LogP contribution is -2.42. The van der Waals surface area contributed by atoms with Gasteiger partial charge in [0, 0.05) is 24.0 Å². The second-order valence-corrected chi connectivity index (χ2v) is 8.10. The largest absolute Gasteiger partial charge is 0.487 e. The van der Waals surface area contributed by atoms with Gasteiger partial charge in [-0.15, -0.1) is 0 Å². The van der Waals surface area contributed by atoms with Crippen molar-refractivity contribution in [2.75, 3.05) is 12.8 Å². The molecule has 1 saturated carbocycles. The zero-order chi connectivity index (χ0) is 19.6. The number of aliphatic imine (C=N–C) groups is 1. The van der Waals surface area contributed by atoms with Crippen LogP contribution in [-0.2, 0) is 13.2 Å². The van der Waals surface area contributed by atoms with E-state index in [9.17, 15) is 0 Å². The summed E-state index contributed by atoms with van der Waals surface area (Å²) in [4.78, 5) is 9.03. The molecule has 0 aliphatic heterocycles. The van der Waals surface area contributed by atoms with Crippen LogP contribution < -0.4 is 15.4 Å². The number of pyridine rings is 1. The molecule has 3 rings (SSSR count). The first-order valence-electron chi connectivity index (χ1n) is 9.96. The van der Waals surface area contributed by atoms with Crippen molar-refractivity contribution in [2.24, 2.45) is 4.99 Å². The summed E-state index contributed by atoms with van der Waals surface area (Å²) >= 11 is 1.97. The van der Waals surface area contributed by atoms with Crippen LogP contribution >= 0.6 is 11.8 Å². The molecule has 0 spiro atoms. The summed E-state index contributed by atoms with van der Waals surface area (Å²) < 4.78 is 5.80. The fourth-order valence-corrected chi connectivity index (χ4v) is 4.10. The first-order valence-corrected chi connectivity index (χ1v) is 11.2. The molecular weight excluding hydrogens is 368 g/mol. The minimum Gasteiger partial charge on any atom is -0.487 e. The molecular formula is C22H30N4OS. The van der Waals surface area contributed by atoms with Crippen LogP contribution in [0.1, 0.15) is 37.4 Å². The first-order chi connectivity index (χ1) is 13.8. The van der Waals surface area contributed by atoms with Crippen LogP contribution in [-0.4, -0.2) is 35.0 Å². The molecule has 1 aromatic heterocycles. The predicted molar refractivity (Wildman–Crippen MR) is 118 cm³/mol. The smallest absolute Gasteiger partial charge is 0.191 e. The number of nitrogens with one attached hydrogen (secondary N) is 2. The second-order valence-electron chi connectivity index (χ2n) is 6.96. The zero-order valence-electron chi connectivity index (χ0n) is 16.7. The minimum absolute atomic E-state index is 0.477. The summed E-state index contributed by atoms with van der Waals surface area (Å²) in [7, 11) is 0. The molecule has 0 saturated heterocycles. The normalized spacial score (nSPS) is 19.4. The molecule has 1 aliphatic rings. The fourth-order valence-electron chi connectivity index (χ4n) is 3.30. The maximum absolute atomic E-state index is 5.80. The summed E-state index contributed by atoms with van der Waals surface area (Å²) in [5.74, 6) is 1.75. The van der Waals surface area contributed by atoms with Gasteiger partial charge in [-0.2, -0.15) is 11.8 Å². The number of hydrogen-bond acceptors (Lipinski definition) is 4. The maximum Gasteiger partial charge on any atom is 0.191 e. The van der Waals surface area contributed by atoms with E-state index in [0.29, 0.717) is 19.2 Å². The number of benzene rings is 1. The standard InChI is InChI=1S/C22H30N4OS/c1-3-23-22(26-18-9-12-21(14-18)28-2)25-15-17-7-10-20(11-8-17)27-16-19-6-4-5-13-24-19/h4-8,10-11,13,18,21H,3,9,12,14-16H2,1-2H3,(H2,23,25,26). The first kappa shape index (κ1) is 20.5. The Hall–Kier alpha value is -2.21. The third kappa shape index (κ3) is 6.44. The maximum atomic E-state index is 5.80. The number of aromatic nitrogens is 1. The van der Waals surface area contributed by atoms with Crippen LogP contribution in [0.4, 0.5) is 0 Å². The van der Waals surface area contributed by atoms with E-state index in [2.05, 4.69) is 40.9 Å². The van der Waals surface area contributed by atoms with Gasteiger partial charge in [0.15, 0.2) is 5.96 Å². The Labute approximate surface area is 172 Å². The predicted octanol–water partition coefficient (Wildman–Crippen LogP) is 4.00. The third-order valence-corrected chi connectivity index (χ3v) is 5.95. The van der Waals surface area contributed by atoms with Crippen LogP contribution in [0.3, 0.4) is 0 Å². The molecule has 2 unspecified atom stereocenters. The van der Waals surface area contributed by atoms with E-state index in [4.69, 9.17) is 9.73 Å². The van der Waals surface area contributed by atoms with Gasteiger partial charge >= 0.3 is 0 Å². The van der Waals surface area contributed by atoms with Crippen molar-refractivity contribution >= 4 is 17.7 Å². The van der Waals surface area contributed by atoms with Gasteiger partial charge in [-0.25, -0.2) is 4.99 Å². The Kier molecular flexibility index (Phi) is 8.03. The van der Waals surface area contributed by atoms with E-state index in [1.54, 1.807) is 6.20 Å². The lowest BCUT2D eigenvalue weighted by molar-refractivity contribution is 0.301. The van der Waals surface area contributed by atoms with E-state index < -0.39 is 0 Å². The van der Waals surface area contributed by atoms with E-state index >= 15 is 0 Å². The molecule has 0 bridgehead atoms. The molecule has 2 aromatic rings. The molecule has 2 N–H and O–H groups in total. The highest BCUT2D eigenvalue weighted by molar-refractivity contribution is 7.99. The van der Waals surface area contributed by atoms with Crippen molar-refractivity contribution in [1.29, 1.82) is 0 Å². The number of thioether (sulfide) groups is 1. The van der Waals surface area contributed by atoms with Crippen molar-refractivity contribution < 1.29 is 4.74 Å². The van der Waals surface area contributed by atoms with Gasteiger partial charge in [-0.3, -0.25) is 4.98 Å². The summed E-state index contributed by atoms with van der Waals surface area (Å²) in [6, 6.07) is 14.5. The van der Waals surface area contributed by atoms with Gasteiger partial charge in [0.1, 0.15) is 12.4 Å². The van der Waals surface area contributed by atoms with Crippen molar-refractivity contribution in [1.82, 2.24) is 15.6 Å². The van der Waals surface area contributed by atoms with Crippen LogP contribution in [0.15, 0.2) is 53.7 Å². The molecule has 6 heteroatoms. The molecule has 1 fully saturated rings.